The van der Waals surface area contributed by atoms with Crippen molar-refractivity contribution >= 4 is 33.0 Å². The van der Waals surface area contributed by atoms with Gasteiger partial charge in [0.25, 0.3) is 0 Å². The predicted octanol–water partition coefficient (Wildman–Crippen LogP) is 12.1. The molecule has 54 heavy (non-hydrogen) atoms. The molecule has 9 rings (SSSR count). The number of benzene rings is 4. The fourth-order valence-corrected chi connectivity index (χ4v) is 6.68. The van der Waals surface area contributed by atoms with Crippen LogP contribution in [-0.4, -0.2) is 19.9 Å². The molecule has 9 aromatic rings. The summed E-state index contributed by atoms with van der Waals surface area (Å²) in [5, 5.41) is 3.15. The first-order chi connectivity index (χ1) is 25.7. The molecular weight excluding hydrogens is 841 g/mol. The summed E-state index contributed by atoms with van der Waals surface area (Å²) in [5.74, 6) is 0. The molecular formula is C48H38IrN4O-2. The largest absolute Gasteiger partial charge is 0.486 e. The third kappa shape index (κ3) is 7.23. The van der Waals surface area contributed by atoms with E-state index in [4.69, 9.17) is 9.40 Å². The van der Waals surface area contributed by atoms with Crippen molar-refractivity contribution in [2.24, 2.45) is 0 Å². The monoisotopic (exact) mass is 879 g/mol. The van der Waals surface area contributed by atoms with Crippen molar-refractivity contribution in [1.29, 1.82) is 0 Å². The number of nitrogens with zero attached hydrogens (tertiary/aromatic N) is 4. The molecule has 5 heterocycles. The number of pyridine rings is 4. The van der Waals surface area contributed by atoms with Crippen LogP contribution in [0.5, 0.6) is 0 Å². The summed E-state index contributed by atoms with van der Waals surface area (Å²) >= 11 is 0. The van der Waals surface area contributed by atoms with Gasteiger partial charge in [-0.25, -0.2) is 4.98 Å². The second-order valence-corrected chi connectivity index (χ2v) is 13.7. The summed E-state index contributed by atoms with van der Waals surface area (Å²) in [5.41, 5.74) is 17.6. The van der Waals surface area contributed by atoms with Crippen molar-refractivity contribution in [3.8, 4) is 44.8 Å². The molecule has 0 aliphatic carbocycles. The van der Waals surface area contributed by atoms with E-state index in [1.54, 1.807) is 0 Å². The second kappa shape index (κ2) is 15.3. The molecule has 0 fully saturated rings. The molecule has 0 N–H and O–H groups in total. The molecule has 4 aromatic carbocycles. The van der Waals surface area contributed by atoms with Crippen molar-refractivity contribution in [2.75, 3.05) is 0 Å². The molecule has 0 unspecified atom stereocenters. The van der Waals surface area contributed by atoms with E-state index < -0.39 is 0 Å². The maximum absolute atomic E-state index is 6.17. The van der Waals surface area contributed by atoms with Crippen LogP contribution in [0, 0.1) is 53.7 Å². The Morgan fingerprint density at radius 3 is 2.11 bits per heavy atom. The Bertz CT molecular complexity index is 2810. The number of rotatable bonds is 4. The Hall–Kier alpha value is -5.81. The zero-order valence-electron chi connectivity index (χ0n) is 31.1. The van der Waals surface area contributed by atoms with Crippen molar-refractivity contribution < 1.29 is 24.5 Å². The summed E-state index contributed by atoms with van der Waals surface area (Å²) in [6.45, 7) is 12.4. The van der Waals surface area contributed by atoms with Gasteiger partial charge in [-0.2, -0.15) is 0 Å². The molecule has 0 atom stereocenters. The van der Waals surface area contributed by atoms with Crippen LogP contribution in [0.2, 0.25) is 0 Å². The van der Waals surface area contributed by atoms with Gasteiger partial charge in [0.1, 0.15) is 0 Å². The Balaban J connectivity index is 0.000000178. The Morgan fingerprint density at radius 1 is 0.556 bits per heavy atom. The standard InChI is InChI=1S/C28H20N3O.C20H18N.Ir/c1-16-15-29-26(14-24(16)19-10-12-25-20(13-19)9-7-17(2)30-25)23-6-4-5-21-22-11-8-18(3)31-28(22)32-27(21)23;1-14-9-10-18(20-11-15(2)16(3)13-21-20)12-19(14)17-7-5-4-6-8-17;/h4-5,7-15H,1-3H3;4-9,11-13H,1-3H3;/q2*-1;. The average molecular weight is 879 g/mol. The number of hydrogen-bond acceptors (Lipinski definition) is 5. The smallest absolute Gasteiger partial charge is 0.216 e. The zero-order valence-corrected chi connectivity index (χ0v) is 33.5. The van der Waals surface area contributed by atoms with E-state index >= 15 is 0 Å². The molecule has 1 radical (unpaired) electrons. The SMILES string of the molecule is Cc1ccc2cc(-c3cc(-c4[c-]ccc5c4oc4nc(C)ccc45)ncc3C)ccc2n1.Cc1cnc(-c2[c-]cc(C)c(-c3ccccc3)c2)cc1C.[Ir]. The first kappa shape index (κ1) is 36.5. The van der Waals surface area contributed by atoms with Crippen LogP contribution in [0.25, 0.3) is 77.7 Å². The van der Waals surface area contributed by atoms with E-state index in [0.29, 0.717) is 5.71 Å². The van der Waals surface area contributed by atoms with Gasteiger partial charge in [-0.1, -0.05) is 83.6 Å². The minimum absolute atomic E-state index is 0. The molecule has 5 nitrogen and oxygen atoms in total. The van der Waals surface area contributed by atoms with Gasteiger partial charge in [-0.3, -0.25) is 4.98 Å². The third-order valence-electron chi connectivity index (χ3n) is 9.83. The Morgan fingerprint density at radius 2 is 1.30 bits per heavy atom. The van der Waals surface area contributed by atoms with Gasteiger partial charge in [0, 0.05) is 54.7 Å². The Kier molecular flexibility index (Phi) is 10.3. The van der Waals surface area contributed by atoms with Crippen molar-refractivity contribution in [3.63, 3.8) is 0 Å². The summed E-state index contributed by atoms with van der Waals surface area (Å²) in [6, 6.07) is 44.2. The van der Waals surface area contributed by atoms with Crippen LogP contribution in [0.1, 0.15) is 33.6 Å². The normalized spacial score (nSPS) is 11.0. The van der Waals surface area contributed by atoms with E-state index in [-0.39, 0.29) is 20.1 Å². The van der Waals surface area contributed by atoms with Crippen LogP contribution in [-0.2, 0) is 20.1 Å². The third-order valence-corrected chi connectivity index (χ3v) is 9.83. The molecule has 0 aliphatic rings. The molecule has 5 aromatic heterocycles. The minimum atomic E-state index is 0. The molecule has 0 saturated carbocycles. The molecule has 0 spiro atoms. The van der Waals surface area contributed by atoms with Crippen molar-refractivity contribution in [3.05, 3.63) is 167 Å². The molecule has 0 saturated heterocycles. The summed E-state index contributed by atoms with van der Waals surface area (Å²) in [4.78, 5) is 18.4. The van der Waals surface area contributed by atoms with E-state index in [1.165, 1.54) is 27.8 Å². The van der Waals surface area contributed by atoms with Gasteiger partial charge in [-0.05, 0) is 104 Å². The summed E-state index contributed by atoms with van der Waals surface area (Å²) < 4.78 is 6.17. The van der Waals surface area contributed by atoms with E-state index in [2.05, 4.69) is 134 Å². The zero-order chi connectivity index (χ0) is 36.6. The fraction of sp³-hybridized carbons (Fsp3) is 0.125. The van der Waals surface area contributed by atoms with Crippen molar-refractivity contribution in [2.45, 2.75) is 41.5 Å². The van der Waals surface area contributed by atoms with E-state index in [1.807, 2.05) is 56.6 Å². The quantitative estimate of drug-likeness (QED) is 0.165. The van der Waals surface area contributed by atoms with E-state index in [0.717, 1.165) is 77.9 Å². The van der Waals surface area contributed by atoms with Crippen LogP contribution in [0.3, 0.4) is 0 Å². The second-order valence-electron chi connectivity index (χ2n) is 13.7. The molecule has 0 amide bonds. The van der Waals surface area contributed by atoms with Gasteiger partial charge in [0.05, 0.1) is 11.1 Å². The first-order valence-corrected chi connectivity index (χ1v) is 17.8. The maximum atomic E-state index is 6.17. The summed E-state index contributed by atoms with van der Waals surface area (Å²) in [7, 11) is 0. The van der Waals surface area contributed by atoms with Crippen LogP contribution in [0.15, 0.2) is 126 Å². The van der Waals surface area contributed by atoms with Gasteiger partial charge >= 0.3 is 0 Å². The van der Waals surface area contributed by atoms with Gasteiger partial charge in [0.15, 0.2) is 0 Å². The van der Waals surface area contributed by atoms with Crippen molar-refractivity contribution in [1.82, 2.24) is 19.9 Å². The van der Waals surface area contributed by atoms with Gasteiger partial charge < -0.3 is 14.4 Å². The first-order valence-electron chi connectivity index (χ1n) is 17.8. The molecule has 6 heteroatoms. The molecule has 0 bridgehead atoms. The average Bonchev–Trinajstić information content (AvgIpc) is 3.54. The van der Waals surface area contributed by atoms with Crippen LogP contribution in [0.4, 0.5) is 0 Å². The van der Waals surface area contributed by atoms with Crippen LogP contribution >= 0.6 is 0 Å². The van der Waals surface area contributed by atoms with Crippen LogP contribution < -0.4 is 0 Å². The maximum Gasteiger partial charge on any atom is 0.216 e. The Labute approximate surface area is 329 Å². The number of aromatic nitrogens is 4. The van der Waals surface area contributed by atoms with Gasteiger partial charge in [0.2, 0.25) is 5.71 Å². The number of furan rings is 1. The van der Waals surface area contributed by atoms with E-state index in [9.17, 15) is 0 Å². The number of fused-ring (bicyclic) bond motifs is 4. The topological polar surface area (TPSA) is 64.7 Å². The fourth-order valence-electron chi connectivity index (χ4n) is 6.68. The number of hydrogen-bond donors (Lipinski definition) is 0. The predicted molar refractivity (Wildman–Crippen MR) is 217 cm³/mol. The van der Waals surface area contributed by atoms with Gasteiger partial charge in [-0.15, -0.1) is 47.5 Å². The molecule has 0 aliphatic heterocycles. The summed E-state index contributed by atoms with van der Waals surface area (Å²) in [6.07, 6.45) is 3.85. The number of aryl methyl sites for hydroxylation is 6. The molecule has 267 valence electrons. The minimum Gasteiger partial charge on any atom is -0.486 e.